The summed E-state index contributed by atoms with van der Waals surface area (Å²) in [6.07, 6.45) is 7.35. The highest BCUT2D eigenvalue weighted by Crippen LogP contribution is 2.54. The quantitative estimate of drug-likeness (QED) is 0.535. The van der Waals surface area contributed by atoms with Gasteiger partial charge in [0.1, 0.15) is 5.75 Å². The molecule has 3 atom stereocenters. The van der Waals surface area contributed by atoms with Crippen LogP contribution in [0.25, 0.3) is 0 Å². The van der Waals surface area contributed by atoms with Gasteiger partial charge in [-0.1, -0.05) is 25.8 Å². The molecule has 174 valence electrons. The number of aromatic hydroxyl groups is 1. The van der Waals surface area contributed by atoms with E-state index in [0.29, 0.717) is 29.8 Å². The Hall–Kier alpha value is -2.16. The Morgan fingerprint density at radius 1 is 0.969 bits per heavy atom. The molecule has 2 aliphatic rings. The van der Waals surface area contributed by atoms with Crippen molar-refractivity contribution in [3.05, 3.63) is 53.6 Å². The first-order valence-electron chi connectivity index (χ1n) is 12.7. The van der Waals surface area contributed by atoms with Crippen molar-refractivity contribution in [2.24, 2.45) is 5.92 Å². The van der Waals surface area contributed by atoms with Crippen molar-refractivity contribution in [1.82, 2.24) is 0 Å². The second-order valence-corrected chi connectivity index (χ2v) is 10.7. The Kier molecular flexibility index (Phi) is 6.47. The lowest BCUT2D eigenvalue weighted by Crippen LogP contribution is -2.54. The highest BCUT2D eigenvalue weighted by molar-refractivity contribution is 5.58. The van der Waals surface area contributed by atoms with Crippen molar-refractivity contribution in [1.29, 1.82) is 0 Å². The molecule has 0 aliphatic heterocycles. The maximum absolute atomic E-state index is 10.3. The fourth-order valence-electron chi connectivity index (χ4n) is 7.02. The molecule has 0 amide bonds. The molecule has 4 rings (SSSR count). The molecular formula is C29H42N2O. The highest BCUT2D eigenvalue weighted by Gasteiger charge is 2.49. The molecular weight excluding hydrogens is 392 g/mol. The lowest BCUT2D eigenvalue weighted by Gasteiger charge is -2.54. The summed E-state index contributed by atoms with van der Waals surface area (Å²) in [7, 11) is 2.29. The molecule has 3 nitrogen and oxygen atoms in total. The number of hydrogen-bond donors (Lipinski definition) is 1. The van der Waals surface area contributed by atoms with Crippen LogP contribution in [0.5, 0.6) is 5.75 Å². The second kappa shape index (κ2) is 9.00. The average molecular weight is 435 g/mol. The fourth-order valence-corrected chi connectivity index (χ4v) is 7.02. The summed E-state index contributed by atoms with van der Waals surface area (Å²) in [5, 5.41) is 10.3. The molecule has 0 unspecified atom stereocenters. The third kappa shape index (κ3) is 3.89. The summed E-state index contributed by atoms with van der Waals surface area (Å²) in [6, 6.07) is 16.8. The zero-order chi connectivity index (χ0) is 23.0. The van der Waals surface area contributed by atoms with Gasteiger partial charge in [0.15, 0.2) is 0 Å². The number of phenols is 1. The molecule has 1 fully saturated rings. The van der Waals surface area contributed by atoms with Crippen LogP contribution < -0.4 is 9.80 Å². The minimum atomic E-state index is 0.190. The summed E-state index contributed by atoms with van der Waals surface area (Å²) < 4.78 is 0. The van der Waals surface area contributed by atoms with Crippen LogP contribution in [-0.2, 0) is 11.8 Å². The molecule has 2 aromatic rings. The van der Waals surface area contributed by atoms with Gasteiger partial charge in [0.25, 0.3) is 0 Å². The maximum atomic E-state index is 10.3. The van der Waals surface area contributed by atoms with Crippen LogP contribution in [-0.4, -0.2) is 30.3 Å². The van der Waals surface area contributed by atoms with Crippen LogP contribution in [0.2, 0.25) is 0 Å². The molecule has 2 aromatic carbocycles. The summed E-state index contributed by atoms with van der Waals surface area (Å²) in [6.45, 7) is 11.4. The number of rotatable bonds is 6. The van der Waals surface area contributed by atoms with Crippen molar-refractivity contribution >= 4 is 11.4 Å². The molecule has 0 bridgehead atoms. The summed E-state index contributed by atoms with van der Waals surface area (Å²) in [4.78, 5) is 5.03. The van der Waals surface area contributed by atoms with Gasteiger partial charge >= 0.3 is 0 Å². The van der Waals surface area contributed by atoms with Gasteiger partial charge in [0.05, 0.1) is 0 Å². The van der Waals surface area contributed by atoms with Crippen LogP contribution in [0, 0.1) is 5.92 Å². The number of likely N-dealkylation sites (N-methyl/N-ethyl adjacent to an activating group) is 1. The first-order chi connectivity index (χ1) is 15.3. The van der Waals surface area contributed by atoms with E-state index < -0.39 is 0 Å². The van der Waals surface area contributed by atoms with Crippen LogP contribution in [0.3, 0.4) is 0 Å². The van der Waals surface area contributed by atoms with Crippen LogP contribution >= 0.6 is 0 Å². The lowest BCUT2D eigenvalue weighted by atomic mass is 9.54. The molecule has 32 heavy (non-hydrogen) atoms. The van der Waals surface area contributed by atoms with Crippen molar-refractivity contribution < 1.29 is 5.11 Å². The molecule has 1 saturated carbocycles. The third-order valence-electron chi connectivity index (χ3n) is 8.42. The van der Waals surface area contributed by atoms with Crippen molar-refractivity contribution in [2.45, 2.75) is 96.7 Å². The normalized spacial score (nSPS) is 24.9. The van der Waals surface area contributed by atoms with E-state index >= 15 is 0 Å². The number of benzene rings is 2. The Bertz CT molecular complexity index is 911. The largest absolute Gasteiger partial charge is 0.508 e. The Morgan fingerprint density at radius 3 is 2.25 bits per heavy atom. The minimum absolute atomic E-state index is 0.190. The van der Waals surface area contributed by atoms with E-state index in [1.165, 1.54) is 48.2 Å². The van der Waals surface area contributed by atoms with E-state index in [4.69, 9.17) is 0 Å². The highest BCUT2D eigenvalue weighted by atomic mass is 16.3. The van der Waals surface area contributed by atoms with Crippen molar-refractivity contribution in [3.8, 4) is 5.75 Å². The monoisotopic (exact) mass is 434 g/mol. The smallest absolute Gasteiger partial charge is 0.115 e. The van der Waals surface area contributed by atoms with E-state index in [2.05, 4.69) is 87.9 Å². The Labute approximate surface area is 195 Å². The Morgan fingerprint density at radius 2 is 1.62 bits per heavy atom. The molecule has 1 N–H and O–H groups in total. The molecule has 0 spiro atoms. The average Bonchev–Trinajstić information content (AvgIpc) is 2.78. The number of nitrogens with zero attached hydrogens (tertiary/aromatic N) is 2. The lowest BCUT2D eigenvalue weighted by molar-refractivity contribution is 0.131. The van der Waals surface area contributed by atoms with Gasteiger partial charge in [-0.25, -0.2) is 0 Å². The molecule has 0 aromatic heterocycles. The summed E-state index contributed by atoms with van der Waals surface area (Å²) in [5.74, 6) is 1.05. The number of phenolic OH excluding ortho intramolecular Hbond substituents is 1. The first kappa shape index (κ1) is 23.0. The van der Waals surface area contributed by atoms with Gasteiger partial charge in [-0.2, -0.15) is 0 Å². The summed E-state index contributed by atoms with van der Waals surface area (Å²) >= 11 is 0. The van der Waals surface area contributed by atoms with E-state index in [9.17, 15) is 5.11 Å². The SMILES string of the molecule is CC[C@@]12CCCC[C@@H]1[C@@H](N(C)c1ccc(N(C(C)C)C(C)C)cc1)Cc1ccc(O)cc12. The van der Waals surface area contributed by atoms with Crippen molar-refractivity contribution in [2.75, 3.05) is 16.8 Å². The van der Waals surface area contributed by atoms with Gasteiger partial charge in [-0.15, -0.1) is 0 Å². The van der Waals surface area contributed by atoms with E-state index in [1.54, 1.807) is 0 Å². The zero-order valence-corrected chi connectivity index (χ0v) is 20.9. The number of fused-ring (bicyclic) bond motifs is 3. The standard InChI is InChI=1S/C29H42N2O/c1-7-29-17-9-8-10-26(29)28(18-22-11-16-25(32)19-27(22)29)30(6)23-12-14-24(15-13-23)31(20(2)3)21(4)5/h11-16,19-21,26,28,32H,7-10,17-18H2,1-6H3/t26-,28+,29-/m1/s1. The van der Waals surface area contributed by atoms with Crippen LogP contribution in [0.15, 0.2) is 42.5 Å². The van der Waals surface area contributed by atoms with Gasteiger partial charge < -0.3 is 14.9 Å². The summed E-state index contributed by atoms with van der Waals surface area (Å²) in [5.41, 5.74) is 5.66. The van der Waals surface area contributed by atoms with Crippen LogP contribution in [0.4, 0.5) is 11.4 Å². The molecule has 3 heteroatoms. The van der Waals surface area contributed by atoms with Gasteiger partial charge in [0, 0.05) is 42.0 Å². The predicted octanol–water partition coefficient (Wildman–Crippen LogP) is 6.91. The molecule has 2 aliphatic carbocycles. The third-order valence-corrected chi connectivity index (χ3v) is 8.42. The Balaban J connectivity index is 1.68. The maximum Gasteiger partial charge on any atom is 0.115 e. The van der Waals surface area contributed by atoms with Crippen molar-refractivity contribution in [3.63, 3.8) is 0 Å². The van der Waals surface area contributed by atoms with Gasteiger partial charge in [-0.05, 0) is 107 Å². The van der Waals surface area contributed by atoms with Gasteiger partial charge in [0.2, 0.25) is 0 Å². The van der Waals surface area contributed by atoms with E-state index in [1.807, 2.05) is 6.07 Å². The minimum Gasteiger partial charge on any atom is -0.508 e. The van der Waals surface area contributed by atoms with Gasteiger partial charge in [-0.3, -0.25) is 0 Å². The van der Waals surface area contributed by atoms with E-state index in [-0.39, 0.29) is 5.41 Å². The zero-order valence-electron chi connectivity index (χ0n) is 20.9. The molecule has 0 radical (unpaired) electrons. The number of anilines is 2. The first-order valence-corrected chi connectivity index (χ1v) is 12.7. The second-order valence-electron chi connectivity index (χ2n) is 10.7. The predicted molar refractivity (Wildman–Crippen MR) is 137 cm³/mol. The number of hydrogen-bond acceptors (Lipinski definition) is 3. The topological polar surface area (TPSA) is 26.7 Å². The molecule has 0 saturated heterocycles. The fraction of sp³-hybridized carbons (Fsp3) is 0.586. The molecule has 0 heterocycles. The van der Waals surface area contributed by atoms with E-state index in [0.717, 1.165) is 12.8 Å². The van der Waals surface area contributed by atoms with Crippen LogP contribution in [0.1, 0.15) is 77.8 Å².